The average Bonchev–Trinajstić information content (AvgIpc) is 3.29. The molecule has 0 spiro atoms. The second kappa shape index (κ2) is 6.59. The third kappa shape index (κ3) is 3.03. The summed E-state index contributed by atoms with van der Waals surface area (Å²) in [5, 5.41) is 10.5. The largest absolute Gasteiger partial charge is 0.322 e. The molecule has 1 atom stereocenters. The Labute approximate surface area is 151 Å². The van der Waals surface area contributed by atoms with Crippen LogP contribution in [0.1, 0.15) is 44.0 Å². The minimum Gasteiger partial charge on any atom is -0.322 e. The lowest BCUT2D eigenvalue weighted by molar-refractivity contribution is 0.652. The van der Waals surface area contributed by atoms with Crippen molar-refractivity contribution in [2.24, 2.45) is 0 Å². The highest BCUT2D eigenvalue weighted by atomic mass is 15.2. The van der Waals surface area contributed by atoms with Gasteiger partial charge in [-0.3, -0.25) is 5.10 Å². The fraction of sp³-hybridized carbons (Fsp3) is 0.263. The molecule has 26 heavy (non-hydrogen) atoms. The maximum absolute atomic E-state index is 4.70. The number of hydrogen-bond donors (Lipinski definition) is 2. The number of rotatable bonds is 5. The molecule has 0 saturated heterocycles. The quantitative estimate of drug-likeness (QED) is 0.569. The van der Waals surface area contributed by atoms with Crippen molar-refractivity contribution in [1.29, 1.82) is 0 Å². The third-order valence-corrected chi connectivity index (χ3v) is 4.46. The molecule has 2 N–H and O–H groups in total. The van der Waals surface area contributed by atoms with Gasteiger partial charge in [0.25, 0.3) is 0 Å². The fourth-order valence-corrected chi connectivity index (χ4v) is 2.87. The number of benzene rings is 1. The summed E-state index contributed by atoms with van der Waals surface area (Å²) < 4.78 is 2.03. The molecule has 132 valence electrons. The van der Waals surface area contributed by atoms with Gasteiger partial charge in [0, 0.05) is 11.8 Å². The van der Waals surface area contributed by atoms with Crippen LogP contribution in [0.5, 0.6) is 0 Å². The predicted molar refractivity (Wildman–Crippen MR) is 102 cm³/mol. The normalized spacial score (nSPS) is 12.6. The summed E-state index contributed by atoms with van der Waals surface area (Å²) in [7, 11) is 0. The highest BCUT2D eigenvalue weighted by molar-refractivity contribution is 5.69. The number of nitrogens with zero attached hydrogens (tertiary/aromatic N) is 5. The van der Waals surface area contributed by atoms with Gasteiger partial charge in [-0.15, -0.1) is 0 Å². The first-order valence-corrected chi connectivity index (χ1v) is 8.68. The second-order valence-electron chi connectivity index (χ2n) is 6.63. The third-order valence-electron chi connectivity index (χ3n) is 4.46. The van der Waals surface area contributed by atoms with E-state index in [9.17, 15) is 0 Å². The lowest BCUT2D eigenvalue weighted by Gasteiger charge is -2.14. The Morgan fingerprint density at radius 2 is 1.85 bits per heavy atom. The zero-order valence-corrected chi connectivity index (χ0v) is 15.0. The van der Waals surface area contributed by atoms with E-state index in [1.165, 1.54) is 5.56 Å². The zero-order chi connectivity index (χ0) is 18.1. The molecule has 0 saturated carbocycles. The van der Waals surface area contributed by atoms with Gasteiger partial charge in [-0.1, -0.05) is 44.2 Å². The van der Waals surface area contributed by atoms with Crippen molar-refractivity contribution >= 4 is 22.9 Å². The van der Waals surface area contributed by atoms with Crippen molar-refractivity contribution in [3.05, 3.63) is 60.2 Å². The number of hydrogen-bond acceptors (Lipinski definition) is 5. The van der Waals surface area contributed by atoms with E-state index in [-0.39, 0.29) is 6.04 Å². The fourth-order valence-electron chi connectivity index (χ4n) is 2.87. The molecular formula is C19H21N7. The molecule has 4 rings (SSSR count). The number of anilines is 2. The number of aromatic amines is 1. The second-order valence-corrected chi connectivity index (χ2v) is 6.63. The number of H-pyrrole nitrogens is 1. The van der Waals surface area contributed by atoms with Crippen molar-refractivity contribution in [3.63, 3.8) is 0 Å². The zero-order valence-electron chi connectivity index (χ0n) is 15.0. The molecule has 0 aliphatic carbocycles. The number of aromatic nitrogens is 6. The Balaban J connectivity index is 1.66. The van der Waals surface area contributed by atoms with E-state index in [2.05, 4.69) is 58.4 Å². The van der Waals surface area contributed by atoms with Crippen LogP contribution in [-0.2, 0) is 0 Å². The standard InChI is InChI=1S/C19H21N7/c1-12(2)15-9-16(25-24-15)22-17-10-20-18-19(23-17)26(11-21-18)13(3)14-7-5-4-6-8-14/h4-13H,1-3H3,(H2,22,23,24,25)/t13-/m1/s1. The summed E-state index contributed by atoms with van der Waals surface area (Å²) in [6.45, 7) is 6.36. The van der Waals surface area contributed by atoms with Gasteiger partial charge in [0.15, 0.2) is 22.9 Å². The molecule has 3 heterocycles. The van der Waals surface area contributed by atoms with Crippen LogP contribution in [0.3, 0.4) is 0 Å². The summed E-state index contributed by atoms with van der Waals surface area (Å²) in [6, 6.07) is 12.4. The predicted octanol–water partition coefficient (Wildman–Crippen LogP) is 4.03. The maximum atomic E-state index is 4.70. The molecule has 0 bridgehead atoms. The molecule has 4 aromatic rings. The highest BCUT2D eigenvalue weighted by Crippen LogP contribution is 2.23. The molecule has 0 amide bonds. The highest BCUT2D eigenvalue weighted by Gasteiger charge is 2.14. The summed E-state index contributed by atoms with van der Waals surface area (Å²) in [4.78, 5) is 13.5. The van der Waals surface area contributed by atoms with Crippen molar-refractivity contribution < 1.29 is 0 Å². The number of imidazole rings is 1. The van der Waals surface area contributed by atoms with E-state index in [1.807, 2.05) is 28.8 Å². The first-order chi connectivity index (χ1) is 12.6. The van der Waals surface area contributed by atoms with Crippen LogP contribution in [0.2, 0.25) is 0 Å². The minimum absolute atomic E-state index is 0.115. The summed E-state index contributed by atoms with van der Waals surface area (Å²) in [5.41, 5.74) is 3.64. The number of fused-ring (bicyclic) bond motifs is 1. The van der Waals surface area contributed by atoms with Gasteiger partial charge < -0.3 is 9.88 Å². The van der Waals surface area contributed by atoms with E-state index >= 15 is 0 Å². The Morgan fingerprint density at radius 3 is 2.58 bits per heavy atom. The smallest absolute Gasteiger partial charge is 0.197 e. The van der Waals surface area contributed by atoms with Crippen molar-refractivity contribution in [2.45, 2.75) is 32.7 Å². The molecule has 0 unspecified atom stereocenters. The first kappa shape index (κ1) is 16.3. The van der Waals surface area contributed by atoms with Gasteiger partial charge in [-0.05, 0) is 18.4 Å². The van der Waals surface area contributed by atoms with Crippen molar-refractivity contribution in [2.75, 3.05) is 5.32 Å². The summed E-state index contributed by atoms with van der Waals surface area (Å²) in [6.07, 6.45) is 3.47. The SMILES string of the molecule is CC(C)c1cc(Nc2cnc3ncn([C@H](C)c4ccccc4)c3n2)n[nH]1. The monoisotopic (exact) mass is 347 g/mol. The minimum atomic E-state index is 0.115. The van der Waals surface area contributed by atoms with Gasteiger partial charge in [0.05, 0.1) is 18.6 Å². The average molecular weight is 347 g/mol. The maximum Gasteiger partial charge on any atom is 0.197 e. The van der Waals surface area contributed by atoms with E-state index in [4.69, 9.17) is 4.98 Å². The van der Waals surface area contributed by atoms with Crippen LogP contribution < -0.4 is 5.32 Å². The van der Waals surface area contributed by atoms with Crippen LogP contribution in [0.4, 0.5) is 11.6 Å². The molecule has 3 aromatic heterocycles. The molecule has 1 aromatic carbocycles. The van der Waals surface area contributed by atoms with Gasteiger partial charge in [-0.2, -0.15) is 5.10 Å². The van der Waals surface area contributed by atoms with Crippen molar-refractivity contribution in [1.82, 2.24) is 29.7 Å². The van der Waals surface area contributed by atoms with Crippen molar-refractivity contribution in [3.8, 4) is 0 Å². The van der Waals surface area contributed by atoms with Crippen LogP contribution >= 0.6 is 0 Å². The Kier molecular flexibility index (Phi) is 4.12. The molecule has 0 aliphatic rings. The molecule has 7 heteroatoms. The van der Waals surface area contributed by atoms with E-state index in [0.29, 0.717) is 17.4 Å². The molecule has 7 nitrogen and oxygen atoms in total. The Hall–Kier alpha value is -3.22. The van der Waals surface area contributed by atoms with Gasteiger partial charge in [0.1, 0.15) is 0 Å². The summed E-state index contributed by atoms with van der Waals surface area (Å²) in [5.74, 6) is 1.76. The van der Waals surface area contributed by atoms with Gasteiger partial charge in [0.2, 0.25) is 0 Å². The van der Waals surface area contributed by atoms with E-state index in [1.54, 1.807) is 12.5 Å². The number of nitrogens with one attached hydrogen (secondary N) is 2. The molecular weight excluding hydrogens is 326 g/mol. The van der Waals surface area contributed by atoms with E-state index < -0.39 is 0 Å². The van der Waals surface area contributed by atoms with Gasteiger partial charge >= 0.3 is 0 Å². The van der Waals surface area contributed by atoms with Crippen LogP contribution in [0.25, 0.3) is 11.3 Å². The van der Waals surface area contributed by atoms with Gasteiger partial charge in [-0.25, -0.2) is 15.0 Å². The lowest BCUT2D eigenvalue weighted by atomic mass is 10.1. The Bertz CT molecular complexity index is 1020. The molecule has 0 aliphatic heterocycles. The first-order valence-electron chi connectivity index (χ1n) is 8.68. The van der Waals surface area contributed by atoms with Crippen LogP contribution in [0, 0.1) is 0 Å². The lowest BCUT2D eigenvalue weighted by Crippen LogP contribution is -2.07. The van der Waals surface area contributed by atoms with E-state index in [0.717, 1.165) is 17.2 Å². The van der Waals surface area contributed by atoms with Crippen LogP contribution in [0.15, 0.2) is 48.9 Å². The molecule has 0 radical (unpaired) electrons. The summed E-state index contributed by atoms with van der Waals surface area (Å²) >= 11 is 0. The van der Waals surface area contributed by atoms with Crippen LogP contribution in [-0.4, -0.2) is 29.7 Å². The topological polar surface area (TPSA) is 84.3 Å². The Morgan fingerprint density at radius 1 is 1.04 bits per heavy atom. The molecule has 0 fully saturated rings.